The van der Waals surface area contributed by atoms with Crippen molar-refractivity contribution >= 4 is 0 Å². The minimum absolute atomic E-state index is 0.0439. The Balaban J connectivity index is 1.78. The van der Waals surface area contributed by atoms with Crippen molar-refractivity contribution in [2.24, 2.45) is 0 Å². The van der Waals surface area contributed by atoms with Crippen LogP contribution in [-0.2, 0) is 9.47 Å². The highest BCUT2D eigenvalue weighted by molar-refractivity contribution is 5.42. The van der Waals surface area contributed by atoms with Crippen molar-refractivity contribution in [3.63, 3.8) is 0 Å². The molecule has 14 heavy (non-hydrogen) atoms. The molecule has 1 aromatic rings. The number of phenols is 1. The first-order valence-electron chi connectivity index (χ1n) is 4.52. The lowest BCUT2D eigenvalue weighted by atomic mass is 10.2. The Kier molecular flexibility index (Phi) is 1.51. The van der Waals surface area contributed by atoms with Crippen LogP contribution in [0.3, 0.4) is 0 Å². The summed E-state index contributed by atoms with van der Waals surface area (Å²) in [6.45, 7) is 1.80. The first-order chi connectivity index (χ1) is 6.75. The lowest BCUT2D eigenvalue weighted by Crippen LogP contribution is -2.38. The topological polar surface area (TPSA) is 51.2 Å². The lowest BCUT2D eigenvalue weighted by molar-refractivity contribution is -0.152. The third kappa shape index (κ3) is 1.08. The van der Waals surface area contributed by atoms with E-state index in [1.54, 1.807) is 25.1 Å². The van der Waals surface area contributed by atoms with Gasteiger partial charge in [0.15, 0.2) is 12.4 Å². The van der Waals surface area contributed by atoms with E-state index in [4.69, 9.17) is 14.2 Å². The van der Waals surface area contributed by atoms with Gasteiger partial charge in [0.05, 0.1) is 0 Å². The van der Waals surface area contributed by atoms with Gasteiger partial charge in [-0.05, 0) is 19.1 Å². The quantitative estimate of drug-likeness (QED) is 0.718. The van der Waals surface area contributed by atoms with E-state index in [9.17, 15) is 5.11 Å². The van der Waals surface area contributed by atoms with Crippen molar-refractivity contribution in [1.29, 1.82) is 0 Å². The second kappa shape index (κ2) is 2.62. The molecular formula is C10H10O4. The van der Waals surface area contributed by atoms with Crippen LogP contribution in [0.5, 0.6) is 11.5 Å². The van der Waals surface area contributed by atoms with Crippen LogP contribution >= 0.6 is 0 Å². The van der Waals surface area contributed by atoms with Gasteiger partial charge in [0.25, 0.3) is 0 Å². The molecule has 0 amide bonds. The first-order valence-corrected chi connectivity index (χ1v) is 4.52. The third-order valence-corrected chi connectivity index (χ3v) is 2.52. The average molecular weight is 194 g/mol. The number of aromatic hydroxyl groups is 1. The molecule has 2 heterocycles. The zero-order valence-corrected chi connectivity index (χ0v) is 7.64. The highest BCUT2D eigenvalue weighted by Crippen LogP contribution is 2.41. The molecule has 0 spiro atoms. The fourth-order valence-electron chi connectivity index (χ4n) is 1.48. The van der Waals surface area contributed by atoms with E-state index in [2.05, 4.69) is 0 Å². The molecule has 0 radical (unpaired) electrons. The largest absolute Gasteiger partial charge is 0.508 e. The van der Waals surface area contributed by atoms with Crippen molar-refractivity contribution in [2.75, 3.05) is 0 Å². The molecule has 0 bridgehead atoms. The average Bonchev–Trinajstić information content (AvgIpc) is 2.80. The predicted octanol–water partition coefficient (Wildman–Crippen LogP) is 1.16. The summed E-state index contributed by atoms with van der Waals surface area (Å²) < 4.78 is 15.8. The van der Waals surface area contributed by atoms with Gasteiger partial charge in [-0.3, -0.25) is 0 Å². The number of fused-ring (bicyclic) bond motifs is 1. The van der Waals surface area contributed by atoms with Crippen LogP contribution in [0.1, 0.15) is 5.56 Å². The fourth-order valence-corrected chi connectivity index (χ4v) is 1.48. The van der Waals surface area contributed by atoms with Gasteiger partial charge in [0.2, 0.25) is 6.29 Å². The van der Waals surface area contributed by atoms with Crippen molar-refractivity contribution < 1.29 is 19.3 Å². The Labute approximate surface area is 81.0 Å². The van der Waals surface area contributed by atoms with Crippen molar-refractivity contribution in [3.05, 3.63) is 23.8 Å². The summed E-state index contributed by atoms with van der Waals surface area (Å²) in [4.78, 5) is 0. The number of rotatable bonds is 2. The Bertz CT molecular complexity index is 376. The normalized spacial score (nSPS) is 33.1. The number of epoxide rings is 1. The molecule has 0 aliphatic carbocycles. The van der Waals surface area contributed by atoms with Crippen molar-refractivity contribution in [3.8, 4) is 11.5 Å². The Morgan fingerprint density at radius 2 is 2.21 bits per heavy atom. The molecule has 2 fully saturated rings. The van der Waals surface area contributed by atoms with Crippen LogP contribution in [0, 0.1) is 6.92 Å². The number of ether oxygens (including phenoxy) is 3. The Morgan fingerprint density at radius 1 is 1.36 bits per heavy atom. The highest BCUT2D eigenvalue weighted by atomic mass is 16.9. The van der Waals surface area contributed by atoms with Crippen LogP contribution in [0.15, 0.2) is 18.2 Å². The molecule has 2 aliphatic rings. The zero-order chi connectivity index (χ0) is 9.71. The van der Waals surface area contributed by atoms with Crippen molar-refractivity contribution in [1.82, 2.24) is 0 Å². The summed E-state index contributed by atoms with van der Waals surface area (Å²) in [7, 11) is 0. The maximum absolute atomic E-state index is 9.43. The van der Waals surface area contributed by atoms with Crippen LogP contribution in [0.2, 0.25) is 0 Å². The van der Waals surface area contributed by atoms with Gasteiger partial charge in [-0.15, -0.1) is 0 Å². The number of hydrogen-bond donors (Lipinski definition) is 1. The van der Waals surface area contributed by atoms with Gasteiger partial charge in [-0.25, -0.2) is 0 Å². The molecule has 1 aromatic carbocycles. The van der Waals surface area contributed by atoms with E-state index in [1.807, 2.05) is 0 Å². The molecule has 2 aliphatic heterocycles. The van der Waals surface area contributed by atoms with Gasteiger partial charge >= 0.3 is 0 Å². The van der Waals surface area contributed by atoms with Gasteiger partial charge in [0, 0.05) is 5.56 Å². The summed E-state index contributed by atoms with van der Waals surface area (Å²) in [5.41, 5.74) is 0.722. The lowest BCUT2D eigenvalue weighted by Gasteiger charge is -2.23. The maximum atomic E-state index is 9.43. The smallest absolute Gasteiger partial charge is 0.233 e. The van der Waals surface area contributed by atoms with Gasteiger partial charge in [0.1, 0.15) is 11.5 Å². The second-order valence-electron chi connectivity index (χ2n) is 3.49. The molecule has 3 atom stereocenters. The molecule has 0 aromatic heterocycles. The zero-order valence-electron chi connectivity index (χ0n) is 7.64. The standard InChI is InChI=1S/C10H10O4/c1-5-6(11)3-2-4-7(5)12-9-8-10(13-8)14-9/h2-4,8-11H,1H3. The summed E-state index contributed by atoms with van der Waals surface area (Å²) >= 11 is 0. The molecule has 1 N–H and O–H groups in total. The van der Waals surface area contributed by atoms with Crippen LogP contribution in [-0.4, -0.2) is 23.8 Å². The van der Waals surface area contributed by atoms with Gasteiger partial charge in [-0.2, -0.15) is 0 Å². The summed E-state index contributed by atoms with van der Waals surface area (Å²) in [6, 6.07) is 5.16. The van der Waals surface area contributed by atoms with E-state index in [0.717, 1.165) is 5.56 Å². The van der Waals surface area contributed by atoms with Crippen LogP contribution in [0.4, 0.5) is 0 Å². The number of benzene rings is 1. The van der Waals surface area contributed by atoms with E-state index in [-0.39, 0.29) is 24.4 Å². The summed E-state index contributed by atoms with van der Waals surface area (Å²) in [6.07, 6.45) is -0.255. The molecule has 4 nitrogen and oxygen atoms in total. The molecule has 74 valence electrons. The van der Waals surface area contributed by atoms with Gasteiger partial charge < -0.3 is 19.3 Å². The summed E-state index contributed by atoms with van der Waals surface area (Å²) in [5.74, 6) is 0.874. The Morgan fingerprint density at radius 3 is 2.86 bits per heavy atom. The molecule has 3 rings (SSSR count). The molecule has 0 saturated carbocycles. The molecular weight excluding hydrogens is 184 g/mol. The number of phenolic OH excluding ortho intramolecular Hbond substituents is 1. The van der Waals surface area contributed by atoms with Crippen molar-refractivity contribution in [2.45, 2.75) is 25.6 Å². The van der Waals surface area contributed by atoms with E-state index >= 15 is 0 Å². The van der Waals surface area contributed by atoms with Gasteiger partial charge in [-0.1, -0.05) is 6.07 Å². The van der Waals surface area contributed by atoms with Crippen LogP contribution < -0.4 is 4.74 Å². The fraction of sp³-hybridized carbons (Fsp3) is 0.400. The number of hydrogen-bond acceptors (Lipinski definition) is 4. The first kappa shape index (κ1) is 8.08. The predicted molar refractivity (Wildman–Crippen MR) is 47.0 cm³/mol. The minimum Gasteiger partial charge on any atom is -0.508 e. The molecule has 3 unspecified atom stereocenters. The van der Waals surface area contributed by atoms with E-state index in [0.29, 0.717) is 5.75 Å². The summed E-state index contributed by atoms with van der Waals surface area (Å²) in [5, 5.41) is 9.43. The SMILES string of the molecule is Cc1c(O)cccc1OC1OC2OC12. The van der Waals surface area contributed by atoms with Crippen LogP contribution in [0.25, 0.3) is 0 Å². The Hall–Kier alpha value is -1.26. The third-order valence-electron chi connectivity index (χ3n) is 2.52. The van der Waals surface area contributed by atoms with E-state index in [1.165, 1.54) is 0 Å². The minimum atomic E-state index is -0.305. The molecule has 4 heteroatoms. The molecule has 2 saturated heterocycles. The maximum Gasteiger partial charge on any atom is 0.233 e. The highest BCUT2D eigenvalue weighted by Gasteiger charge is 2.60. The second-order valence-corrected chi connectivity index (χ2v) is 3.49. The van der Waals surface area contributed by atoms with E-state index < -0.39 is 0 Å². The monoisotopic (exact) mass is 194 g/mol.